The van der Waals surface area contributed by atoms with Gasteiger partial charge in [-0.3, -0.25) is 9.69 Å². The largest absolute Gasteiger partial charge is 0.497 e. The molecule has 0 spiro atoms. The lowest BCUT2D eigenvalue weighted by Gasteiger charge is -2.39. The van der Waals surface area contributed by atoms with Crippen molar-refractivity contribution in [2.75, 3.05) is 45.4 Å². The van der Waals surface area contributed by atoms with Crippen LogP contribution in [0.15, 0.2) is 42.5 Å². The molecule has 2 aromatic rings. The topological polar surface area (TPSA) is 51.2 Å². The first kappa shape index (κ1) is 20.0. The van der Waals surface area contributed by atoms with Crippen LogP contribution in [-0.4, -0.2) is 57.3 Å². The number of methoxy groups -OCH3 is 2. The van der Waals surface area contributed by atoms with Gasteiger partial charge in [0.25, 0.3) is 0 Å². The fourth-order valence-corrected chi connectivity index (χ4v) is 3.37. The molecule has 1 saturated heterocycles. The summed E-state index contributed by atoms with van der Waals surface area (Å²) in [5.74, 6) is 2.33. The first-order valence-corrected chi connectivity index (χ1v) is 9.47. The highest BCUT2D eigenvalue weighted by atomic mass is 16.5. The van der Waals surface area contributed by atoms with Crippen molar-refractivity contribution in [1.82, 2.24) is 4.90 Å². The van der Waals surface area contributed by atoms with Crippen LogP contribution in [0.1, 0.15) is 12.5 Å². The normalized spacial score (nSPS) is 17.5. The predicted octanol–water partition coefficient (Wildman–Crippen LogP) is 3.13. The molecule has 28 heavy (non-hydrogen) atoms. The van der Waals surface area contributed by atoms with Crippen molar-refractivity contribution in [3.05, 3.63) is 48.0 Å². The van der Waals surface area contributed by atoms with Crippen molar-refractivity contribution < 1.29 is 19.0 Å². The fourth-order valence-electron chi connectivity index (χ4n) is 3.37. The summed E-state index contributed by atoms with van der Waals surface area (Å²) < 4.78 is 16.5. The number of nitrogens with zero attached hydrogens (tertiary/aromatic N) is 2. The van der Waals surface area contributed by atoms with E-state index in [1.54, 1.807) is 14.2 Å². The van der Waals surface area contributed by atoms with Gasteiger partial charge in [-0.25, -0.2) is 0 Å². The van der Waals surface area contributed by atoms with Gasteiger partial charge in [0.05, 0.1) is 20.8 Å². The molecule has 1 fully saturated rings. The van der Waals surface area contributed by atoms with Gasteiger partial charge in [0.1, 0.15) is 12.4 Å². The molecule has 3 rings (SSSR count). The fraction of sp³-hybridized carbons (Fsp3) is 0.409. The Morgan fingerprint density at radius 2 is 1.79 bits per heavy atom. The van der Waals surface area contributed by atoms with E-state index in [2.05, 4.69) is 11.8 Å². The van der Waals surface area contributed by atoms with Crippen LogP contribution in [0.5, 0.6) is 17.2 Å². The van der Waals surface area contributed by atoms with Crippen LogP contribution >= 0.6 is 0 Å². The van der Waals surface area contributed by atoms with Gasteiger partial charge in [-0.15, -0.1) is 0 Å². The summed E-state index contributed by atoms with van der Waals surface area (Å²) in [5, 5.41) is 0. The monoisotopic (exact) mass is 384 g/mol. The molecule has 6 nitrogen and oxygen atoms in total. The van der Waals surface area contributed by atoms with Crippen molar-refractivity contribution in [1.29, 1.82) is 0 Å². The minimum absolute atomic E-state index is 0.0937. The lowest BCUT2D eigenvalue weighted by molar-refractivity contribution is -0.122. The minimum Gasteiger partial charge on any atom is -0.497 e. The third-order valence-corrected chi connectivity index (χ3v) is 5.05. The predicted molar refractivity (Wildman–Crippen MR) is 110 cm³/mol. The Kier molecular flexibility index (Phi) is 6.41. The molecule has 150 valence electrons. The number of carbonyl (C=O) groups excluding carboxylic acids is 1. The van der Waals surface area contributed by atoms with E-state index in [9.17, 15) is 4.79 Å². The maximum atomic E-state index is 12.7. The summed E-state index contributed by atoms with van der Waals surface area (Å²) in [5.41, 5.74) is 2.02. The highest BCUT2D eigenvalue weighted by molar-refractivity contribution is 5.95. The van der Waals surface area contributed by atoms with Crippen LogP contribution in [0.25, 0.3) is 0 Å². The van der Waals surface area contributed by atoms with Crippen molar-refractivity contribution in [3.8, 4) is 17.2 Å². The number of amides is 1. The van der Waals surface area contributed by atoms with Crippen LogP contribution in [0, 0.1) is 6.92 Å². The van der Waals surface area contributed by atoms with Gasteiger partial charge in [-0.2, -0.15) is 0 Å². The molecule has 0 unspecified atom stereocenters. The molecule has 1 aliphatic rings. The molecule has 0 aliphatic carbocycles. The SMILES string of the molecule is COc1ccc(N2C[C@H](C)N(CCOc3ccc(C)cc3OC)CC2=O)cc1. The Labute approximate surface area is 166 Å². The van der Waals surface area contributed by atoms with E-state index >= 15 is 0 Å². The average Bonchev–Trinajstić information content (AvgIpc) is 2.71. The maximum absolute atomic E-state index is 12.7. The first-order chi connectivity index (χ1) is 13.5. The number of piperazine rings is 1. The third kappa shape index (κ3) is 4.57. The number of rotatable bonds is 7. The van der Waals surface area contributed by atoms with E-state index in [4.69, 9.17) is 14.2 Å². The van der Waals surface area contributed by atoms with E-state index in [1.807, 2.05) is 54.3 Å². The van der Waals surface area contributed by atoms with Crippen LogP contribution in [0.2, 0.25) is 0 Å². The summed E-state index contributed by atoms with van der Waals surface area (Å²) >= 11 is 0. The second-order valence-electron chi connectivity index (χ2n) is 7.02. The van der Waals surface area contributed by atoms with Gasteiger partial charge in [-0.05, 0) is 55.8 Å². The summed E-state index contributed by atoms with van der Waals surface area (Å²) in [6.07, 6.45) is 0. The Morgan fingerprint density at radius 1 is 1.04 bits per heavy atom. The van der Waals surface area contributed by atoms with Crippen molar-refractivity contribution in [2.24, 2.45) is 0 Å². The number of ether oxygens (including phenoxy) is 3. The number of benzene rings is 2. The number of hydrogen-bond acceptors (Lipinski definition) is 5. The third-order valence-electron chi connectivity index (χ3n) is 5.05. The zero-order valence-electron chi connectivity index (χ0n) is 17.0. The molecule has 1 heterocycles. The second-order valence-corrected chi connectivity index (χ2v) is 7.02. The molecule has 0 radical (unpaired) electrons. The van der Waals surface area contributed by atoms with E-state index in [0.717, 1.165) is 28.5 Å². The Balaban J connectivity index is 1.56. The molecule has 0 saturated carbocycles. The summed E-state index contributed by atoms with van der Waals surface area (Å²) in [4.78, 5) is 16.7. The summed E-state index contributed by atoms with van der Waals surface area (Å²) in [6.45, 7) is 6.36. The summed E-state index contributed by atoms with van der Waals surface area (Å²) in [7, 11) is 3.27. The number of carbonyl (C=O) groups is 1. The smallest absolute Gasteiger partial charge is 0.241 e. The van der Waals surface area contributed by atoms with E-state index < -0.39 is 0 Å². The standard InChI is InChI=1S/C22H28N2O4/c1-16-5-10-20(21(13-16)27-4)28-12-11-23-15-22(25)24(14-17(23)2)18-6-8-19(26-3)9-7-18/h5-10,13,17H,11-12,14-15H2,1-4H3/t17-/m0/s1. The lowest BCUT2D eigenvalue weighted by atomic mass is 10.1. The molecule has 6 heteroatoms. The van der Waals surface area contributed by atoms with Gasteiger partial charge in [0, 0.05) is 24.8 Å². The Hall–Kier alpha value is -2.73. The minimum atomic E-state index is 0.0937. The number of aryl methyl sites for hydroxylation is 1. The Morgan fingerprint density at radius 3 is 2.46 bits per heavy atom. The van der Waals surface area contributed by atoms with Gasteiger partial charge in [0.2, 0.25) is 5.91 Å². The molecule has 1 amide bonds. The average molecular weight is 384 g/mol. The highest BCUT2D eigenvalue weighted by Gasteiger charge is 2.30. The maximum Gasteiger partial charge on any atom is 0.241 e. The molecule has 2 aromatic carbocycles. The highest BCUT2D eigenvalue weighted by Crippen LogP contribution is 2.28. The van der Waals surface area contributed by atoms with Crippen molar-refractivity contribution >= 4 is 11.6 Å². The van der Waals surface area contributed by atoms with Crippen LogP contribution in [0.4, 0.5) is 5.69 Å². The first-order valence-electron chi connectivity index (χ1n) is 9.47. The van der Waals surface area contributed by atoms with Crippen molar-refractivity contribution in [2.45, 2.75) is 19.9 Å². The lowest BCUT2D eigenvalue weighted by Crippen LogP contribution is -2.56. The van der Waals surface area contributed by atoms with Crippen LogP contribution in [0.3, 0.4) is 0 Å². The molecule has 0 N–H and O–H groups in total. The molecule has 0 bridgehead atoms. The van der Waals surface area contributed by atoms with Crippen molar-refractivity contribution in [3.63, 3.8) is 0 Å². The second kappa shape index (κ2) is 8.97. The molecular weight excluding hydrogens is 356 g/mol. The molecule has 1 atom stereocenters. The van der Waals surface area contributed by atoms with E-state index in [0.29, 0.717) is 26.2 Å². The zero-order valence-corrected chi connectivity index (χ0v) is 17.0. The number of anilines is 1. The van der Waals surface area contributed by atoms with Gasteiger partial charge < -0.3 is 19.1 Å². The quantitative estimate of drug-likeness (QED) is 0.734. The number of hydrogen-bond donors (Lipinski definition) is 0. The molecule has 1 aliphatic heterocycles. The molecule has 0 aromatic heterocycles. The van der Waals surface area contributed by atoms with E-state index in [1.165, 1.54) is 0 Å². The van der Waals surface area contributed by atoms with Gasteiger partial charge >= 0.3 is 0 Å². The van der Waals surface area contributed by atoms with E-state index in [-0.39, 0.29) is 11.9 Å². The zero-order chi connectivity index (χ0) is 20.1. The molecular formula is C22H28N2O4. The Bertz CT molecular complexity index is 807. The van der Waals surface area contributed by atoms with Crippen LogP contribution < -0.4 is 19.1 Å². The van der Waals surface area contributed by atoms with Gasteiger partial charge in [0.15, 0.2) is 11.5 Å². The van der Waals surface area contributed by atoms with Gasteiger partial charge in [-0.1, -0.05) is 6.07 Å². The summed E-state index contributed by atoms with van der Waals surface area (Å²) in [6, 6.07) is 13.7. The van der Waals surface area contributed by atoms with Crippen LogP contribution in [-0.2, 0) is 4.79 Å².